The lowest BCUT2D eigenvalue weighted by molar-refractivity contribution is 0.0674. The zero-order chi connectivity index (χ0) is 24.8. The monoisotopic (exact) mass is 488 g/mol. The third-order valence-corrected chi connectivity index (χ3v) is 6.73. The number of imidazole rings is 1. The molecule has 0 unspecified atom stereocenters. The zero-order valence-electron chi connectivity index (χ0n) is 20.0. The minimum Gasteiger partial charge on any atom is -0.493 e. The van der Waals surface area contributed by atoms with Gasteiger partial charge in [0.05, 0.1) is 31.0 Å². The van der Waals surface area contributed by atoms with E-state index in [1.165, 1.54) is 6.07 Å². The van der Waals surface area contributed by atoms with E-state index in [-0.39, 0.29) is 18.3 Å². The predicted octanol–water partition coefficient (Wildman–Crippen LogP) is 3.39. The van der Waals surface area contributed by atoms with Crippen LogP contribution in [0.15, 0.2) is 36.8 Å². The van der Waals surface area contributed by atoms with Crippen LogP contribution in [0.2, 0.25) is 0 Å². The summed E-state index contributed by atoms with van der Waals surface area (Å²) in [7, 11) is 1.61. The van der Waals surface area contributed by atoms with Crippen molar-refractivity contribution in [1.29, 1.82) is 0 Å². The Morgan fingerprint density at radius 3 is 2.94 bits per heavy atom. The van der Waals surface area contributed by atoms with Crippen molar-refractivity contribution in [2.24, 2.45) is 0 Å². The number of rotatable bonds is 6. The largest absolute Gasteiger partial charge is 0.493 e. The highest BCUT2D eigenvalue weighted by Crippen LogP contribution is 2.34. The number of amides is 1. The first-order chi connectivity index (χ1) is 17.5. The maximum atomic E-state index is 14.7. The summed E-state index contributed by atoms with van der Waals surface area (Å²) in [6.07, 6.45) is 3.97. The molecule has 2 aliphatic rings. The van der Waals surface area contributed by atoms with Gasteiger partial charge in [0.15, 0.2) is 5.69 Å². The van der Waals surface area contributed by atoms with Crippen molar-refractivity contribution < 1.29 is 18.7 Å². The number of nitrogens with zero attached hydrogens (tertiary/aromatic N) is 5. The molecule has 0 saturated heterocycles. The Morgan fingerprint density at radius 2 is 2.08 bits per heavy atom. The second kappa shape index (κ2) is 8.87. The molecule has 0 radical (unpaired) electrons. The number of hydrogen-bond donors (Lipinski definition) is 1. The van der Waals surface area contributed by atoms with Gasteiger partial charge in [-0.2, -0.15) is 0 Å². The second-order valence-corrected chi connectivity index (χ2v) is 8.93. The molecule has 1 aromatic carbocycles. The second-order valence-electron chi connectivity index (χ2n) is 8.93. The molecule has 1 N–H and O–H groups in total. The average Bonchev–Trinajstić information content (AvgIpc) is 3.53. The van der Waals surface area contributed by atoms with Crippen molar-refractivity contribution in [1.82, 2.24) is 24.3 Å². The van der Waals surface area contributed by atoms with Gasteiger partial charge < -0.3 is 19.7 Å². The fourth-order valence-electron chi connectivity index (χ4n) is 4.93. The zero-order valence-corrected chi connectivity index (χ0v) is 20.0. The van der Waals surface area contributed by atoms with Gasteiger partial charge in [-0.25, -0.2) is 14.4 Å². The SMILES string of the molecule is COCCN1Cc2nc(C)ccc2-c2cnc(NCc3c(F)ccc4c3CCO4)n3cnc(c23)C1=O. The van der Waals surface area contributed by atoms with E-state index in [1.807, 2.05) is 19.1 Å². The molecule has 1 amide bonds. The third-order valence-electron chi connectivity index (χ3n) is 6.73. The van der Waals surface area contributed by atoms with Gasteiger partial charge in [0.2, 0.25) is 5.95 Å². The highest BCUT2D eigenvalue weighted by Gasteiger charge is 2.29. The highest BCUT2D eigenvalue weighted by molar-refractivity contribution is 6.04. The fourth-order valence-corrected chi connectivity index (χ4v) is 4.93. The fraction of sp³-hybridized carbons (Fsp3) is 0.308. The number of methoxy groups -OCH3 is 1. The molecule has 0 atom stereocenters. The molecule has 0 fully saturated rings. The number of ether oxygens (including phenoxy) is 2. The van der Waals surface area contributed by atoms with E-state index in [2.05, 4.69) is 15.3 Å². The first kappa shape index (κ1) is 22.4. The Kier molecular flexibility index (Phi) is 5.52. The molecule has 9 nitrogen and oxygen atoms in total. The van der Waals surface area contributed by atoms with Crippen LogP contribution in [0.3, 0.4) is 0 Å². The molecule has 0 aliphatic carbocycles. The van der Waals surface area contributed by atoms with Crippen LogP contribution in [0, 0.1) is 12.7 Å². The highest BCUT2D eigenvalue weighted by atomic mass is 19.1. The van der Waals surface area contributed by atoms with E-state index in [0.29, 0.717) is 55.4 Å². The van der Waals surface area contributed by atoms with Crippen LogP contribution in [-0.4, -0.2) is 57.0 Å². The number of carbonyl (C=O) groups excluding carboxylic acids is 1. The van der Waals surface area contributed by atoms with Gasteiger partial charge >= 0.3 is 0 Å². The molecule has 6 rings (SSSR count). The standard InChI is InChI=1S/C26H25FN6O3/c1-15-3-4-16-19-12-29-26(28-11-18-17-7-9-36-22(17)6-5-20(18)27)33-14-30-23(24(19)33)25(34)32(8-10-35-2)13-21(16)31-15/h3-6,12,14H,7-11,13H2,1-2H3,(H,28,29). The van der Waals surface area contributed by atoms with Gasteiger partial charge in [0, 0.05) is 60.8 Å². The van der Waals surface area contributed by atoms with Gasteiger partial charge in [-0.3, -0.25) is 14.2 Å². The Labute approximate surface area is 206 Å². The van der Waals surface area contributed by atoms with Gasteiger partial charge in [0.25, 0.3) is 5.91 Å². The van der Waals surface area contributed by atoms with E-state index in [9.17, 15) is 9.18 Å². The van der Waals surface area contributed by atoms with E-state index in [0.717, 1.165) is 33.8 Å². The average molecular weight is 489 g/mol. The van der Waals surface area contributed by atoms with Crippen molar-refractivity contribution >= 4 is 17.4 Å². The van der Waals surface area contributed by atoms with Crippen molar-refractivity contribution in [3.05, 3.63) is 70.8 Å². The third kappa shape index (κ3) is 3.65. The van der Waals surface area contributed by atoms with Crippen molar-refractivity contribution in [3.8, 4) is 16.9 Å². The molecule has 5 heterocycles. The van der Waals surface area contributed by atoms with Crippen LogP contribution in [0.5, 0.6) is 5.75 Å². The molecular formula is C26H25FN6O3. The minimum absolute atomic E-state index is 0.203. The summed E-state index contributed by atoms with van der Waals surface area (Å²) in [6.45, 7) is 3.85. The Bertz CT molecular complexity index is 1500. The van der Waals surface area contributed by atoms with Gasteiger partial charge in [-0.1, -0.05) is 6.07 Å². The van der Waals surface area contributed by atoms with E-state index in [1.54, 1.807) is 35.0 Å². The molecule has 3 aromatic heterocycles. The number of halogens is 1. The van der Waals surface area contributed by atoms with Crippen molar-refractivity contribution in [2.45, 2.75) is 26.4 Å². The van der Waals surface area contributed by atoms with Gasteiger partial charge in [-0.05, 0) is 25.1 Å². The lowest BCUT2D eigenvalue weighted by Gasteiger charge is -2.25. The number of aryl methyl sites for hydroxylation is 1. The number of hydrogen-bond acceptors (Lipinski definition) is 7. The molecule has 0 spiro atoms. The molecule has 36 heavy (non-hydrogen) atoms. The van der Waals surface area contributed by atoms with Gasteiger partial charge in [0.1, 0.15) is 17.9 Å². The number of aromatic nitrogens is 4. The Morgan fingerprint density at radius 1 is 1.19 bits per heavy atom. The summed E-state index contributed by atoms with van der Waals surface area (Å²) in [6, 6.07) is 7.04. The Balaban J connectivity index is 1.45. The summed E-state index contributed by atoms with van der Waals surface area (Å²) < 4.78 is 27.3. The number of fused-ring (bicyclic) bond motifs is 3. The normalized spacial score (nSPS) is 14.3. The van der Waals surface area contributed by atoms with Crippen LogP contribution < -0.4 is 10.1 Å². The quantitative estimate of drug-likeness (QED) is 0.445. The topological polar surface area (TPSA) is 93.9 Å². The number of pyridine rings is 1. The number of nitrogens with one attached hydrogen (secondary N) is 1. The van der Waals surface area contributed by atoms with Crippen LogP contribution in [0.1, 0.15) is 33.0 Å². The number of benzene rings is 1. The smallest absolute Gasteiger partial charge is 0.275 e. The molecule has 184 valence electrons. The summed E-state index contributed by atoms with van der Waals surface area (Å²) in [4.78, 5) is 29.1. The summed E-state index contributed by atoms with van der Waals surface area (Å²) in [5, 5.41) is 3.25. The first-order valence-electron chi connectivity index (χ1n) is 11.8. The van der Waals surface area contributed by atoms with Gasteiger partial charge in [-0.15, -0.1) is 0 Å². The molecule has 2 aliphatic heterocycles. The van der Waals surface area contributed by atoms with Crippen molar-refractivity contribution in [3.63, 3.8) is 0 Å². The molecule has 10 heteroatoms. The minimum atomic E-state index is -0.292. The summed E-state index contributed by atoms with van der Waals surface area (Å²) in [5.74, 6) is 0.683. The van der Waals surface area contributed by atoms with E-state index < -0.39 is 0 Å². The lowest BCUT2D eigenvalue weighted by atomic mass is 10.0. The first-order valence-corrected chi connectivity index (χ1v) is 11.8. The van der Waals surface area contributed by atoms with E-state index in [4.69, 9.17) is 14.5 Å². The van der Waals surface area contributed by atoms with Crippen LogP contribution in [-0.2, 0) is 24.2 Å². The number of anilines is 1. The maximum absolute atomic E-state index is 14.7. The molecule has 0 saturated carbocycles. The number of carbonyl (C=O) groups is 1. The van der Waals surface area contributed by atoms with Crippen LogP contribution in [0.4, 0.5) is 10.3 Å². The maximum Gasteiger partial charge on any atom is 0.275 e. The summed E-state index contributed by atoms with van der Waals surface area (Å²) >= 11 is 0. The van der Waals surface area contributed by atoms with Crippen LogP contribution >= 0.6 is 0 Å². The van der Waals surface area contributed by atoms with Crippen molar-refractivity contribution in [2.75, 3.05) is 32.2 Å². The van der Waals surface area contributed by atoms with Crippen LogP contribution in [0.25, 0.3) is 16.6 Å². The Hall–Kier alpha value is -4.05. The molecule has 0 bridgehead atoms. The molecular weight excluding hydrogens is 463 g/mol. The molecule has 4 aromatic rings. The summed E-state index contributed by atoms with van der Waals surface area (Å²) in [5.41, 5.74) is 5.71. The predicted molar refractivity (Wildman–Crippen MR) is 130 cm³/mol. The van der Waals surface area contributed by atoms with E-state index >= 15 is 0 Å². The lowest BCUT2D eigenvalue weighted by Crippen LogP contribution is -2.35.